The van der Waals surface area contributed by atoms with Crippen molar-refractivity contribution in [3.63, 3.8) is 0 Å². The second kappa shape index (κ2) is 9.04. The number of rotatable bonds is 5. The van der Waals surface area contributed by atoms with Gasteiger partial charge in [0.1, 0.15) is 18.8 Å². The minimum absolute atomic E-state index is 0.120. The number of ketones is 1. The molecule has 2 aromatic rings. The summed E-state index contributed by atoms with van der Waals surface area (Å²) in [4.78, 5) is 29.1. The summed E-state index contributed by atoms with van der Waals surface area (Å²) in [6.07, 6.45) is 0. The van der Waals surface area contributed by atoms with Crippen molar-refractivity contribution in [1.82, 2.24) is 4.90 Å². The zero-order valence-electron chi connectivity index (χ0n) is 18.1. The van der Waals surface area contributed by atoms with Crippen LogP contribution in [0.1, 0.15) is 28.3 Å². The number of likely N-dealkylation sites (tertiary alicyclic amines) is 1. The first-order valence-corrected chi connectivity index (χ1v) is 10.8. The van der Waals surface area contributed by atoms with E-state index in [4.69, 9.17) is 4.74 Å². The molecule has 0 radical (unpaired) electrons. The first kappa shape index (κ1) is 21.3. The van der Waals surface area contributed by atoms with Gasteiger partial charge in [-0.15, -0.1) is 0 Å². The summed E-state index contributed by atoms with van der Waals surface area (Å²) in [6.45, 7) is 8.35. The second-order valence-electron chi connectivity index (χ2n) is 8.38. The molecule has 162 valence electrons. The molecule has 0 bridgehead atoms. The number of aliphatic hydroxyl groups excluding tert-OH is 1. The number of nitrogens with one attached hydrogen (secondary N) is 1. The van der Waals surface area contributed by atoms with Crippen LogP contribution >= 0.6 is 0 Å². The van der Waals surface area contributed by atoms with Crippen molar-refractivity contribution in [2.45, 2.75) is 19.9 Å². The summed E-state index contributed by atoms with van der Waals surface area (Å²) < 4.78 is 5.42. The summed E-state index contributed by atoms with van der Waals surface area (Å²) in [6, 6.07) is 14.5. The first-order chi connectivity index (χ1) is 15.0. The van der Waals surface area contributed by atoms with Gasteiger partial charge in [-0.25, -0.2) is 0 Å². The molecule has 0 saturated carbocycles. The van der Waals surface area contributed by atoms with Gasteiger partial charge >= 0.3 is 0 Å². The molecule has 0 spiro atoms. The van der Waals surface area contributed by atoms with Gasteiger partial charge in [-0.2, -0.15) is 0 Å². The van der Waals surface area contributed by atoms with Gasteiger partial charge in [0, 0.05) is 5.56 Å². The molecule has 1 amide bonds. The zero-order chi connectivity index (χ0) is 22.0. The zero-order valence-corrected chi connectivity index (χ0v) is 18.1. The Balaban J connectivity index is 1.72. The van der Waals surface area contributed by atoms with E-state index in [1.54, 1.807) is 17.0 Å². The first-order valence-electron chi connectivity index (χ1n) is 10.8. The molecule has 0 aliphatic carbocycles. The molecule has 2 aliphatic heterocycles. The standard InChI is InChI=1S/C25H28N2O4/c1-17-3-7-19(8-4-17)22-21(23(28)20-9-5-18(2)6-10-20)24(29)25(30)27(22)12-11-26-13-15-31-16-14-26/h3-10,22,28H,11-16H2,1-2H3/p+1/t22-/m0/s1. The van der Waals surface area contributed by atoms with Crippen molar-refractivity contribution in [1.29, 1.82) is 0 Å². The third kappa shape index (κ3) is 4.40. The number of nitrogens with zero attached hydrogens (tertiary/aromatic N) is 1. The van der Waals surface area contributed by atoms with E-state index in [2.05, 4.69) is 0 Å². The fourth-order valence-corrected chi connectivity index (χ4v) is 4.26. The lowest BCUT2D eigenvalue weighted by atomic mass is 9.94. The summed E-state index contributed by atoms with van der Waals surface area (Å²) in [5.41, 5.74) is 3.68. The van der Waals surface area contributed by atoms with Gasteiger partial charge in [0.05, 0.1) is 37.9 Å². The van der Waals surface area contributed by atoms with E-state index >= 15 is 0 Å². The number of carbonyl (C=O) groups is 2. The average Bonchev–Trinajstić information content (AvgIpc) is 3.04. The van der Waals surface area contributed by atoms with Gasteiger partial charge in [-0.3, -0.25) is 9.59 Å². The Bertz CT molecular complexity index is 989. The predicted octanol–water partition coefficient (Wildman–Crippen LogP) is 1.64. The van der Waals surface area contributed by atoms with E-state index in [1.807, 2.05) is 50.2 Å². The van der Waals surface area contributed by atoms with Crippen LogP contribution in [-0.2, 0) is 14.3 Å². The summed E-state index contributed by atoms with van der Waals surface area (Å²) >= 11 is 0. The lowest BCUT2D eigenvalue weighted by Gasteiger charge is -2.29. The molecule has 6 heteroatoms. The maximum absolute atomic E-state index is 13.1. The van der Waals surface area contributed by atoms with Crippen LogP contribution in [0.2, 0.25) is 0 Å². The van der Waals surface area contributed by atoms with Crippen LogP contribution in [0.4, 0.5) is 0 Å². The summed E-state index contributed by atoms with van der Waals surface area (Å²) in [7, 11) is 0. The van der Waals surface area contributed by atoms with Crippen molar-refractivity contribution in [3.8, 4) is 0 Å². The Morgan fingerprint density at radius 3 is 2.19 bits per heavy atom. The fourth-order valence-electron chi connectivity index (χ4n) is 4.26. The van der Waals surface area contributed by atoms with Crippen LogP contribution in [0.3, 0.4) is 0 Å². The Morgan fingerprint density at radius 2 is 1.58 bits per heavy atom. The molecule has 0 aromatic heterocycles. The number of amides is 1. The minimum Gasteiger partial charge on any atom is -0.507 e. The van der Waals surface area contributed by atoms with Crippen molar-refractivity contribution in [2.75, 3.05) is 39.4 Å². The topological polar surface area (TPSA) is 71.3 Å². The Hall–Kier alpha value is -2.96. The van der Waals surface area contributed by atoms with E-state index in [9.17, 15) is 14.7 Å². The van der Waals surface area contributed by atoms with Crippen LogP contribution in [0.5, 0.6) is 0 Å². The molecule has 1 atom stereocenters. The van der Waals surface area contributed by atoms with Crippen LogP contribution in [-0.4, -0.2) is 61.1 Å². The number of hydrogen-bond acceptors (Lipinski definition) is 4. The normalized spacial score (nSPS) is 21.6. The number of morpholine rings is 1. The van der Waals surface area contributed by atoms with E-state index in [1.165, 1.54) is 4.90 Å². The van der Waals surface area contributed by atoms with Crippen molar-refractivity contribution in [2.24, 2.45) is 0 Å². The fraction of sp³-hybridized carbons (Fsp3) is 0.360. The van der Waals surface area contributed by atoms with Gasteiger partial charge < -0.3 is 19.6 Å². The second-order valence-corrected chi connectivity index (χ2v) is 8.38. The largest absolute Gasteiger partial charge is 0.507 e. The van der Waals surface area contributed by atoms with Gasteiger partial charge in [0.25, 0.3) is 11.7 Å². The number of carbonyl (C=O) groups excluding carboxylic acids is 2. The monoisotopic (exact) mass is 421 g/mol. The van der Waals surface area contributed by atoms with Crippen molar-refractivity contribution < 1.29 is 24.3 Å². The maximum Gasteiger partial charge on any atom is 0.295 e. The number of hydrogen-bond donors (Lipinski definition) is 2. The van der Waals surface area contributed by atoms with E-state index in [0.717, 1.165) is 36.3 Å². The molecule has 2 heterocycles. The maximum atomic E-state index is 13.1. The van der Waals surface area contributed by atoms with Gasteiger partial charge in [0.15, 0.2) is 0 Å². The Labute approximate surface area is 182 Å². The highest BCUT2D eigenvalue weighted by Gasteiger charge is 2.46. The highest BCUT2D eigenvalue weighted by Crippen LogP contribution is 2.39. The van der Waals surface area contributed by atoms with E-state index in [0.29, 0.717) is 25.3 Å². The lowest BCUT2D eigenvalue weighted by Crippen LogP contribution is -3.14. The summed E-state index contributed by atoms with van der Waals surface area (Å²) in [5.74, 6) is -1.29. The molecule has 2 N–H and O–H groups in total. The van der Waals surface area contributed by atoms with Crippen LogP contribution in [0.15, 0.2) is 54.1 Å². The molecule has 2 fully saturated rings. The molecule has 0 unspecified atom stereocenters. The van der Waals surface area contributed by atoms with Gasteiger partial charge in [-0.1, -0.05) is 59.7 Å². The Kier molecular flexibility index (Phi) is 6.20. The highest BCUT2D eigenvalue weighted by molar-refractivity contribution is 6.46. The van der Waals surface area contributed by atoms with Crippen molar-refractivity contribution >= 4 is 17.4 Å². The highest BCUT2D eigenvalue weighted by atomic mass is 16.5. The number of benzene rings is 2. The van der Waals surface area contributed by atoms with Crippen molar-refractivity contribution in [3.05, 3.63) is 76.4 Å². The quantitative estimate of drug-likeness (QED) is 0.438. The molecule has 6 nitrogen and oxygen atoms in total. The predicted molar refractivity (Wildman–Crippen MR) is 118 cm³/mol. The third-order valence-corrected chi connectivity index (χ3v) is 6.16. The smallest absolute Gasteiger partial charge is 0.295 e. The van der Waals surface area contributed by atoms with Crippen LogP contribution in [0.25, 0.3) is 5.76 Å². The van der Waals surface area contributed by atoms with E-state index in [-0.39, 0.29) is 11.3 Å². The van der Waals surface area contributed by atoms with Crippen LogP contribution in [0, 0.1) is 13.8 Å². The number of aliphatic hydroxyl groups is 1. The van der Waals surface area contributed by atoms with E-state index < -0.39 is 17.7 Å². The number of quaternary nitrogens is 1. The molecule has 2 aliphatic rings. The molecule has 4 rings (SSSR count). The Morgan fingerprint density at radius 1 is 1.00 bits per heavy atom. The molecular formula is C25H29N2O4+. The number of Topliss-reactive ketones (excluding diaryl/α,β-unsaturated/α-hetero) is 1. The molecular weight excluding hydrogens is 392 g/mol. The molecule has 2 aromatic carbocycles. The van der Waals surface area contributed by atoms with Gasteiger partial charge in [0.2, 0.25) is 0 Å². The molecule has 2 saturated heterocycles. The average molecular weight is 422 g/mol. The SMILES string of the molecule is Cc1ccc(C(O)=C2C(=O)C(=O)N(CC[NH+]3CCOCC3)[C@H]2c2ccc(C)cc2)cc1. The van der Waals surface area contributed by atoms with Gasteiger partial charge in [-0.05, 0) is 19.4 Å². The summed E-state index contributed by atoms with van der Waals surface area (Å²) in [5, 5.41) is 11.1. The number of aryl methyl sites for hydroxylation is 2. The number of ether oxygens (including phenoxy) is 1. The minimum atomic E-state index is -0.624. The lowest BCUT2D eigenvalue weighted by molar-refractivity contribution is -0.907. The molecule has 31 heavy (non-hydrogen) atoms. The van der Waals surface area contributed by atoms with Crippen LogP contribution < -0.4 is 4.90 Å². The third-order valence-electron chi connectivity index (χ3n) is 6.16.